The van der Waals surface area contributed by atoms with Gasteiger partial charge in [-0.3, -0.25) is 4.79 Å². The SMILES string of the molecule is Cc1nc2cc(NC(=O)c3cc(F)cc(-c4ncnn4C)c3)ccc2s1. The first-order valence-electron chi connectivity index (χ1n) is 7.83. The van der Waals surface area contributed by atoms with Crippen molar-refractivity contribution in [1.82, 2.24) is 19.7 Å². The Bertz CT molecular complexity index is 1130. The van der Waals surface area contributed by atoms with Crippen LogP contribution in [0.5, 0.6) is 0 Å². The van der Waals surface area contributed by atoms with Crippen molar-refractivity contribution in [3.8, 4) is 11.4 Å². The molecule has 0 bridgehead atoms. The summed E-state index contributed by atoms with van der Waals surface area (Å²) >= 11 is 1.59. The summed E-state index contributed by atoms with van der Waals surface area (Å²) < 4.78 is 16.6. The summed E-state index contributed by atoms with van der Waals surface area (Å²) in [6.45, 7) is 1.93. The summed E-state index contributed by atoms with van der Waals surface area (Å²) in [6, 6.07) is 9.63. The van der Waals surface area contributed by atoms with Crippen LogP contribution in [0.2, 0.25) is 0 Å². The summed E-state index contributed by atoms with van der Waals surface area (Å²) in [7, 11) is 1.71. The molecule has 0 unspecified atom stereocenters. The van der Waals surface area contributed by atoms with Gasteiger partial charge in [0.1, 0.15) is 12.1 Å². The van der Waals surface area contributed by atoms with E-state index in [4.69, 9.17) is 0 Å². The lowest BCUT2D eigenvalue weighted by Gasteiger charge is -2.08. The van der Waals surface area contributed by atoms with Gasteiger partial charge < -0.3 is 5.32 Å². The van der Waals surface area contributed by atoms with Crippen LogP contribution in [0.25, 0.3) is 21.6 Å². The van der Waals surface area contributed by atoms with Crippen molar-refractivity contribution < 1.29 is 9.18 Å². The van der Waals surface area contributed by atoms with E-state index < -0.39 is 11.7 Å². The van der Waals surface area contributed by atoms with Gasteiger partial charge >= 0.3 is 0 Å². The highest BCUT2D eigenvalue weighted by molar-refractivity contribution is 7.18. The predicted octanol–water partition coefficient (Wildman–Crippen LogP) is 3.79. The van der Waals surface area contributed by atoms with Crippen LogP contribution in [-0.2, 0) is 7.05 Å². The fourth-order valence-electron chi connectivity index (χ4n) is 2.73. The molecule has 0 atom stereocenters. The number of aromatic nitrogens is 4. The molecule has 130 valence electrons. The second-order valence-electron chi connectivity index (χ2n) is 5.81. The number of nitrogens with one attached hydrogen (secondary N) is 1. The molecule has 26 heavy (non-hydrogen) atoms. The van der Waals surface area contributed by atoms with Crippen molar-refractivity contribution in [2.24, 2.45) is 7.05 Å². The smallest absolute Gasteiger partial charge is 0.255 e. The zero-order valence-corrected chi connectivity index (χ0v) is 14.8. The maximum absolute atomic E-state index is 14.0. The molecule has 4 aromatic rings. The Morgan fingerprint density at radius 2 is 2.08 bits per heavy atom. The Morgan fingerprint density at radius 3 is 2.85 bits per heavy atom. The van der Waals surface area contributed by atoms with Gasteiger partial charge in [-0.1, -0.05) is 0 Å². The van der Waals surface area contributed by atoms with Crippen molar-refractivity contribution in [2.45, 2.75) is 6.92 Å². The molecular formula is C18H14FN5OS. The van der Waals surface area contributed by atoms with E-state index in [0.29, 0.717) is 17.1 Å². The Balaban J connectivity index is 1.65. The number of thiazole rings is 1. The van der Waals surface area contributed by atoms with Crippen LogP contribution >= 0.6 is 11.3 Å². The zero-order valence-electron chi connectivity index (χ0n) is 14.0. The molecule has 0 aliphatic heterocycles. The number of carbonyl (C=O) groups is 1. The van der Waals surface area contributed by atoms with Gasteiger partial charge in [0.15, 0.2) is 5.82 Å². The van der Waals surface area contributed by atoms with E-state index in [0.717, 1.165) is 15.2 Å². The minimum absolute atomic E-state index is 0.206. The minimum atomic E-state index is -0.513. The second kappa shape index (κ2) is 6.30. The standard InChI is InChI=1S/C18H14FN5OS/c1-10-22-15-8-14(3-4-16(15)26-10)23-18(25)12-5-11(6-13(19)7-12)17-20-9-21-24(17)2/h3-9H,1-2H3,(H,23,25). The summed E-state index contributed by atoms with van der Waals surface area (Å²) in [4.78, 5) is 21.1. The van der Waals surface area contributed by atoms with Gasteiger partial charge in [-0.05, 0) is 43.3 Å². The zero-order chi connectivity index (χ0) is 18.3. The molecule has 4 rings (SSSR count). The first-order chi connectivity index (χ1) is 12.5. The molecule has 1 N–H and O–H groups in total. The van der Waals surface area contributed by atoms with Crippen molar-refractivity contribution in [3.05, 3.63) is 59.1 Å². The number of carbonyl (C=O) groups excluding carboxylic acids is 1. The third-order valence-corrected chi connectivity index (χ3v) is 4.83. The Morgan fingerprint density at radius 1 is 1.23 bits per heavy atom. The number of halogens is 1. The van der Waals surface area contributed by atoms with Gasteiger partial charge in [-0.2, -0.15) is 5.10 Å². The number of hydrogen-bond acceptors (Lipinski definition) is 5. The van der Waals surface area contributed by atoms with E-state index in [1.54, 1.807) is 36.6 Å². The summed E-state index contributed by atoms with van der Waals surface area (Å²) in [5, 5.41) is 7.72. The minimum Gasteiger partial charge on any atom is -0.322 e. The molecule has 0 fully saturated rings. The molecule has 0 aliphatic rings. The number of nitrogens with zero attached hydrogens (tertiary/aromatic N) is 4. The Hall–Kier alpha value is -3.13. The molecule has 6 nitrogen and oxygen atoms in total. The monoisotopic (exact) mass is 367 g/mol. The fourth-order valence-corrected chi connectivity index (χ4v) is 3.54. The van der Waals surface area contributed by atoms with Gasteiger partial charge in [0, 0.05) is 23.9 Å². The van der Waals surface area contributed by atoms with Crippen molar-refractivity contribution >= 4 is 33.1 Å². The summed E-state index contributed by atoms with van der Waals surface area (Å²) in [5.74, 6) is -0.432. The predicted molar refractivity (Wildman–Crippen MR) is 98.7 cm³/mol. The number of benzene rings is 2. The molecule has 2 heterocycles. The molecule has 2 aromatic heterocycles. The normalized spacial score (nSPS) is 11.0. The maximum atomic E-state index is 14.0. The second-order valence-corrected chi connectivity index (χ2v) is 7.04. The van der Waals surface area contributed by atoms with E-state index in [1.165, 1.54) is 23.1 Å². The average molecular weight is 367 g/mol. The van der Waals surface area contributed by atoms with Gasteiger partial charge in [0.2, 0.25) is 0 Å². The number of hydrogen-bond donors (Lipinski definition) is 1. The van der Waals surface area contributed by atoms with Crippen molar-refractivity contribution in [3.63, 3.8) is 0 Å². The van der Waals surface area contributed by atoms with E-state index in [1.807, 2.05) is 13.0 Å². The van der Waals surface area contributed by atoms with Crippen LogP contribution in [0.15, 0.2) is 42.7 Å². The Kier molecular flexibility index (Phi) is 3.96. The lowest BCUT2D eigenvalue weighted by atomic mass is 10.1. The third-order valence-electron chi connectivity index (χ3n) is 3.88. The van der Waals surface area contributed by atoms with Gasteiger partial charge in [0.25, 0.3) is 5.91 Å². The molecule has 0 radical (unpaired) electrons. The van der Waals surface area contributed by atoms with E-state index in [-0.39, 0.29) is 5.56 Å². The number of rotatable bonds is 3. The molecule has 8 heteroatoms. The van der Waals surface area contributed by atoms with Crippen LogP contribution in [0.3, 0.4) is 0 Å². The van der Waals surface area contributed by atoms with E-state index in [2.05, 4.69) is 20.4 Å². The highest BCUT2D eigenvalue weighted by Crippen LogP contribution is 2.25. The van der Waals surface area contributed by atoms with E-state index in [9.17, 15) is 9.18 Å². The number of fused-ring (bicyclic) bond motifs is 1. The molecule has 0 saturated heterocycles. The first kappa shape index (κ1) is 16.3. The first-order valence-corrected chi connectivity index (χ1v) is 8.65. The van der Waals surface area contributed by atoms with Gasteiger partial charge in [0.05, 0.1) is 15.2 Å². The fraction of sp³-hybridized carbons (Fsp3) is 0.111. The number of anilines is 1. The van der Waals surface area contributed by atoms with Crippen LogP contribution in [-0.4, -0.2) is 25.7 Å². The van der Waals surface area contributed by atoms with Gasteiger partial charge in [-0.15, -0.1) is 11.3 Å². The van der Waals surface area contributed by atoms with Crippen LogP contribution in [0.1, 0.15) is 15.4 Å². The number of amides is 1. The van der Waals surface area contributed by atoms with Crippen molar-refractivity contribution in [2.75, 3.05) is 5.32 Å². The van der Waals surface area contributed by atoms with Crippen LogP contribution < -0.4 is 5.32 Å². The highest BCUT2D eigenvalue weighted by atomic mass is 32.1. The Labute approximate surface area is 152 Å². The molecule has 0 saturated carbocycles. The summed E-state index contributed by atoms with van der Waals surface area (Å²) in [5.41, 5.74) is 2.12. The van der Waals surface area contributed by atoms with Crippen LogP contribution in [0, 0.1) is 12.7 Å². The molecule has 2 aromatic carbocycles. The van der Waals surface area contributed by atoms with Crippen LogP contribution in [0.4, 0.5) is 10.1 Å². The molecule has 1 amide bonds. The lowest BCUT2D eigenvalue weighted by molar-refractivity contribution is 0.102. The lowest BCUT2D eigenvalue weighted by Crippen LogP contribution is -2.12. The van der Waals surface area contributed by atoms with Gasteiger partial charge in [-0.25, -0.2) is 19.0 Å². The van der Waals surface area contributed by atoms with Crippen molar-refractivity contribution in [1.29, 1.82) is 0 Å². The highest BCUT2D eigenvalue weighted by Gasteiger charge is 2.13. The third kappa shape index (κ3) is 3.06. The molecule has 0 aliphatic carbocycles. The average Bonchev–Trinajstić information content (AvgIpc) is 3.18. The molecule has 0 spiro atoms. The number of aryl methyl sites for hydroxylation is 2. The summed E-state index contributed by atoms with van der Waals surface area (Å²) in [6.07, 6.45) is 1.38. The topological polar surface area (TPSA) is 72.7 Å². The largest absolute Gasteiger partial charge is 0.322 e. The van der Waals surface area contributed by atoms with E-state index >= 15 is 0 Å². The maximum Gasteiger partial charge on any atom is 0.255 e. The molecular weight excluding hydrogens is 353 g/mol. The quantitative estimate of drug-likeness (QED) is 0.598.